The molecule has 1 aromatic carbocycles. The maximum atomic E-state index is 12.0. The first kappa shape index (κ1) is 14.3. The molecule has 2 aromatic rings. The third kappa shape index (κ3) is 3.18. The minimum absolute atomic E-state index is 0.151. The summed E-state index contributed by atoms with van der Waals surface area (Å²) in [5, 5.41) is 4.10. The van der Waals surface area contributed by atoms with Crippen LogP contribution in [0.25, 0.3) is 10.2 Å². The van der Waals surface area contributed by atoms with E-state index in [1.807, 2.05) is 26.0 Å². The molecule has 1 aromatic heterocycles. The van der Waals surface area contributed by atoms with Crippen LogP contribution in [0.2, 0.25) is 0 Å². The summed E-state index contributed by atoms with van der Waals surface area (Å²) >= 11 is 1.74. The van der Waals surface area contributed by atoms with Gasteiger partial charge in [0.1, 0.15) is 0 Å². The van der Waals surface area contributed by atoms with Gasteiger partial charge in [-0.2, -0.15) is 0 Å². The molecule has 0 spiro atoms. The predicted octanol–water partition coefficient (Wildman–Crippen LogP) is 3.04. The molecule has 1 N–H and O–H groups in total. The Morgan fingerprint density at radius 1 is 1.33 bits per heavy atom. The van der Waals surface area contributed by atoms with Crippen molar-refractivity contribution in [3.63, 3.8) is 0 Å². The summed E-state index contributed by atoms with van der Waals surface area (Å²) in [6, 6.07) is 8.46. The maximum absolute atomic E-state index is 12.0. The average Bonchev–Trinajstić information content (AvgIpc) is 2.90. The zero-order valence-electron chi connectivity index (χ0n) is 12.5. The fourth-order valence-corrected chi connectivity index (χ4v) is 3.75. The number of amides is 1. The molecule has 0 radical (unpaired) electrons. The molecule has 3 rings (SSSR count). The molecule has 1 aliphatic heterocycles. The van der Waals surface area contributed by atoms with Crippen molar-refractivity contribution < 1.29 is 4.79 Å². The average molecular weight is 303 g/mol. The molecule has 0 unspecified atom stereocenters. The molecule has 0 saturated carbocycles. The Hall–Kier alpha value is -1.62. The fourth-order valence-electron chi connectivity index (χ4n) is 2.73. The second-order valence-corrected chi connectivity index (χ2v) is 6.90. The standard InChI is InChI=1S/C16H21N3OS/c1-11(2)17-15(20)12-7-9-19(10-8-12)16-18-13-5-3-4-6-14(13)21-16/h3-6,11-12H,7-10H2,1-2H3,(H,17,20). The van der Waals surface area contributed by atoms with Crippen LogP contribution < -0.4 is 10.2 Å². The number of anilines is 1. The Balaban J connectivity index is 1.64. The Morgan fingerprint density at radius 2 is 2.05 bits per heavy atom. The number of rotatable bonds is 3. The van der Waals surface area contributed by atoms with E-state index in [0.717, 1.165) is 36.6 Å². The molecule has 21 heavy (non-hydrogen) atoms. The highest BCUT2D eigenvalue weighted by atomic mass is 32.1. The van der Waals surface area contributed by atoms with Gasteiger partial charge in [0.2, 0.25) is 5.91 Å². The molecule has 0 bridgehead atoms. The summed E-state index contributed by atoms with van der Waals surface area (Å²) in [4.78, 5) is 19.1. The van der Waals surface area contributed by atoms with Gasteiger partial charge in [-0.05, 0) is 38.8 Å². The van der Waals surface area contributed by atoms with Crippen LogP contribution >= 0.6 is 11.3 Å². The Kier molecular flexibility index (Phi) is 4.10. The molecule has 0 aliphatic carbocycles. The number of hydrogen-bond acceptors (Lipinski definition) is 4. The van der Waals surface area contributed by atoms with Gasteiger partial charge in [0, 0.05) is 25.0 Å². The zero-order chi connectivity index (χ0) is 14.8. The molecule has 1 fully saturated rings. The SMILES string of the molecule is CC(C)NC(=O)C1CCN(c2nc3ccccc3s2)CC1. The quantitative estimate of drug-likeness (QED) is 0.948. The number of piperidine rings is 1. The highest BCUT2D eigenvalue weighted by molar-refractivity contribution is 7.22. The van der Waals surface area contributed by atoms with Gasteiger partial charge < -0.3 is 10.2 Å². The van der Waals surface area contributed by atoms with E-state index in [2.05, 4.69) is 22.3 Å². The lowest BCUT2D eigenvalue weighted by atomic mass is 9.96. The Labute approximate surface area is 129 Å². The van der Waals surface area contributed by atoms with E-state index in [0.29, 0.717) is 0 Å². The summed E-state index contributed by atoms with van der Waals surface area (Å²) in [5.74, 6) is 0.354. The van der Waals surface area contributed by atoms with Crippen molar-refractivity contribution in [2.45, 2.75) is 32.7 Å². The highest BCUT2D eigenvalue weighted by Crippen LogP contribution is 2.31. The van der Waals surface area contributed by atoms with Crippen LogP contribution in [0, 0.1) is 5.92 Å². The van der Waals surface area contributed by atoms with E-state index in [1.165, 1.54) is 4.70 Å². The van der Waals surface area contributed by atoms with E-state index < -0.39 is 0 Å². The van der Waals surface area contributed by atoms with Crippen LogP contribution in [0.4, 0.5) is 5.13 Å². The monoisotopic (exact) mass is 303 g/mol. The van der Waals surface area contributed by atoms with Crippen molar-refractivity contribution in [1.29, 1.82) is 0 Å². The number of carbonyl (C=O) groups excluding carboxylic acids is 1. The van der Waals surface area contributed by atoms with Gasteiger partial charge in [0.25, 0.3) is 0 Å². The molecule has 1 saturated heterocycles. The Morgan fingerprint density at radius 3 is 2.71 bits per heavy atom. The van der Waals surface area contributed by atoms with Crippen molar-refractivity contribution in [3.8, 4) is 0 Å². The van der Waals surface area contributed by atoms with Crippen LogP contribution in [0.3, 0.4) is 0 Å². The number of nitrogens with zero attached hydrogens (tertiary/aromatic N) is 2. The van der Waals surface area contributed by atoms with E-state index >= 15 is 0 Å². The number of nitrogens with one attached hydrogen (secondary N) is 1. The molecular formula is C16H21N3OS. The third-order valence-electron chi connectivity index (χ3n) is 3.85. The Bertz CT molecular complexity index is 596. The van der Waals surface area contributed by atoms with Crippen molar-refractivity contribution in [2.75, 3.05) is 18.0 Å². The van der Waals surface area contributed by atoms with E-state index in [1.54, 1.807) is 11.3 Å². The van der Waals surface area contributed by atoms with Crippen LogP contribution in [0.1, 0.15) is 26.7 Å². The molecule has 5 heteroatoms. The van der Waals surface area contributed by atoms with Gasteiger partial charge >= 0.3 is 0 Å². The number of benzene rings is 1. The normalized spacial score (nSPS) is 16.6. The molecule has 0 atom stereocenters. The summed E-state index contributed by atoms with van der Waals surface area (Å²) in [7, 11) is 0. The molecule has 2 heterocycles. The second kappa shape index (κ2) is 6.02. The second-order valence-electron chi connectivity index (χ2n) is 5.89. The van der Waals surface area contributed by atoms with E-state index in [-0.39, 0.29) is 17.9 Å². The number of para-hydroxylation sites is 1. The van der Waals surface area contributed by atoms with Gasteiger partial charge in [0.05, 0.1) is 10.2 Å². The number of carbonyl (C=O) groups is 1. The summed E-state index contributed by atoms with van der Waals surface area (Å²) in [6.45, 7) is 5.84. The van der Waals surface area contributed by atoms with Crippen LogP contribution in [0.15, 0.2) is 24.3 Å². The smallest absolute Gasteiger partial charge is 0.223 e. The van der Waals surface area contributed by atoms with Crippen LogP contribution in [0.5, 0.6) is 0 Å². The van der Waals surface area contributed by atoms with Crippen molar-refractivity contribution in [3.05, 3.63) is 24.3 Å². The lowest BCUT2D eigenvalue weighted by Crippen LogP contribution is -2.42. The van der Waals surface area contributed by atoms with Gasteiger partial charge in [-0.1, -0.05) is 23.5 Å². The summed E-state index contributed by atoms with van der Waals surface area (Å²) < 4.78 is 1.23. The molecule has 4 nitrogen and oxygen atoms in total. The number of aromatic nitrogens is 1. The van der Waals surface area contributed by atoms with Gasteiger partial charge in [-0.15, -0.1) is 0 Å². The summed E-state index contributed by atoms with van der Waals surface area (Å²) in [6.07, 6.45) is 1.82. The zero-order valence-corrected chi connectivity index (χ0v) is 13.3. The molecule has 1 aliphatic rings. The van der Waals surface area contributed by atoms with E-state index in [9.17, 15) is 4.79 Å². The number of fused-ring (bicyclic) bond motifs is 1. The minimum atomic E-state index is 0.151. The highest BCUT2D eigenvalue weighted by Gasteiger charge is 2.26. The first-order chi connectivity index (χ1) is 10.1. The number of thiazole rings is 1. The maximum Gasteiger partial charge on any atom is 0.223 e. The van der Waals surface area contributed by atoms with Crippen LogP contribution in [-0.2, 0) is 4.79 Å². The predicted molar refractivity (Wildman–Crippen MR) is 87.8 cm³/mol. The minimum Gasteiger partial charge on any atom is -0.354 e. The van der Waals surface area contributed by atoms with Crippen molar-refractivity contribution in [2.24, 2.45) is 5.92 Å². The first-order valence-electron chi connectivity index (χ1n) is 7.54. The number of hydrogen-bond donors (Lipinski definition) is 1. The van der Waals surface area contributed by atoms with Crippen molar-refractivity contribution in [1.82, 2.24) is 10.3 Å². The molecular weight excluding hydrogens is 282 g/mol. The van der Waals surface area contributed by atoms with Crippen LogP contribution in [-0.4, -0.2) is 30.0 Å². The van der Waals surface area contributed by atoms with Crippen molar-refractivity contribution >= 4 is 32.6 Å². The largest absolute Gasteiger partial charge is 0.354 e. The fraction of sp³-hybridized carbons (Fsp3) is 0.500. The molecule has 112 valence electrons. The topological polar surface area (TPSA) is 45.2 Å². The van der Waals surface area contributed by atoms with E-state index in [4.69, 9.17) is 4.98 Å². The first-order valence-corrected chi connectivity index (χ1v) is 8.36. The van der Waals surface area contributed by atoms with Gasteiger partial charge in [0.15, 0.2) is 5.13 Å². The third-order valence-corrected chi connectivity index (χ3v) is 4.95. The molecule has 1 amide bonds. The lowest BCUT2D eigenvalue weighted by molar-refractivity contribution is -0.126. The lowest BCUT2D eigenvalue weighted by Gasteiger charge is -2.31. The summed E-state index contributed by atoms with van der Waals surface area (Å²) in [5.41, 5.74) is 1.07. The van der Waals surface area contributed by atoms with Gasteiger partial charge in [-0.3, -0.25) is 4.79 Å². The van der Waals surface area contributed by atoms with Gasteiger partial charge in [-0.25, -0.2) is 4.98 Å².